The lowest BCUT2D eigenvalue weighted by molar-refractivity contribution is -0.139. The molecule has 2 atom stereocenters. The molecule has 0 spiro atoms. The molecule has 2 aromatic rings. The highest BCUT2D eigenvalue weighted by Crippen LogP contribution is 2.33. The number of hydrogen-bond donors (Lipinski definition) is 0. The van der Waals surface area contributed by atoms with Gasteiger partial charge in [-0.1, -0.05) is 25.8 Å². The largest absolute Gasteiger partial charge is 0.342 e. The first-order valence-electron chi connectivity index (χ1n) is 9.85. The highest BCUT2D eigenvalue weighted by Gasteiger charge is 2.33. The zero-order valence-electron chi connectivity index (χ0n) is 15.4. The molecule has 4 heteroatoms. The van der Waals surface area contributed by atoms with Gasteiger partial charge < -0.3 is 9.47 Å². The third-order valence-electron chi connectivity index (χ3n) is 6.33. The third-order valence-corrected chi connectivity index (χ3v) is 6.33. The Balaban J connectivity index is 1.44. The molecule has 2 aliphatic rings. The minimum atomic E-state index is 0.266. The SMILES string of the molecule is Cc1ccc2ncn(C3CCN(C(=O)[C@@H]4CCCC[C@@H]4C)CC3)c2c1. The molecule has 0 radical (unpaired) electrons. The minimum absolute atomic E-state index is 0.266. The Morgan fingerprint density at radius 1 is 1.12 bits per heavy atom. The predicted octanol–water partition coefficient (Wildman–Crippen LogP) is 4.33. The zero-order chi connectivity index (χ0) is 17.4. The standard InChI is InChI=1S/C21H29N3O/c1-15-7-8-19-20(13-15)24(14-22-19)17-9-11-23(12-10-17)21(25)18-6-4-3-5-16(18)2/h7-8,13-14,16-18H,3-6,9-12H2,1-2H3/t16-,18+/m0/s1. The van der Waals surface area contributed by atoms with Gasteiger partial charge in [-0.15, -0.1) is 0 Å². The van der Waals surface area contributed by atoms with Gasteiger partial charge in [0.2, 0.25) is 5.91 Å². The van der Waals surface area contributed by atoms with Gasteiger partial charge in [0.25, 0.3) is 0 Å². The minimum Gasteiger partial charge on any atom is -0.342 e. The van der Waals surface area contributed by atoms with E-state index in [1.165, 1.54) is 30.3 Å². The number of aryl methyl sites for hydroxylation is 1. The fourth-order valence-corrected chi connectivity index (χ4v) is 4.71. The number of carbonyl (C=O) groups is 1. The number of aromatic nitrogens is 2. The lowest BCUT2D eigenvalue weighted by Crippen LogP contribution is -2.44. The molecule has 1 aliphatic carbocycles. The van der Waals surface area contributed by atoms with Gasteiger partial charge >= 0.3 is 0 Å². The summed E-state index contributed by atoms with van der Waals surface area (Å²) in [7, 11) is 0. The maximum absolute atomic E-state index is 12.9. The van der Waals surface area contributed by atoms with Crippen LogP contribution >= 0.6 is 0 Å². The quantitative estimate of drug-likeness (QED) is 0.816. The van der Waals surface area contributed by atoms with Gasteiger partial charge in [-0.05, 0) is 56.2 Å². The van der Waals surface area contributed by atoms with Crippen LogP contribution in [0.4, 0.5) is 0 Å². The third kappa shape index (κ3) is 3.19. The Bertz CT molecular complexity index is 758. The highest BCUT2D eigenvalue weighted by molar-refractivity contribution is 5.79. The van der Waals surface area contributed by atoms with Gasteiger partial charge in [0.1, 0.15) is 0 Å². The summed E-state index contributed by atoms with van der Waals surface area (Å²) in [5.41, 5.74) is 3.57. The number of rotatable bonds is 2. The molecule has 0 bridgehead atoms. The van der Waals surface area contributed by atoms with Crippen molar-refractivity contribution in [1.29, 1.82) is 0 Å². The van der Waals surface area contributed by atoms with Gasteiger partial charge in [0, 0.05) is 25.0 Å². The molecule has 0 N–H and O–H groups in total. The van der Waals surface area contributed by atoms with Crippen molar-refractivity contribution in [3.63, 3.8) is 0 Å². The van der Waals surface area contributed by atoms with Crippen molar-refractivity contribution < 1.29 is 4.79 Å². The Morgan fingerprint density at radius 3 is 2.64 bits per heavy atom. The van der Waals surface area contributed by atoms with Crippen LogP contribution in [-0.4, -0.2) is 33.4 Å². The van der Waals surface area contributed by atoms with Crippen LogP contribution in [0.15, 0.2) is 24.5 Å². The normalized spacial score (nSPS) is 25.4. The molecule has 4 rings (SSSR count). The van der Waals surface area contributed by atoms with Gasteiger partial charge in [-0.25, -0.2) is 4.98 Å². The Hall–Kier alpha value is -1.84. The maximum atomic E-state index is 12.9. The summed E-state index contributed by atoms with van der Waals surface area (Å²) in [4.78, 5) is 19.6. The topological polar surface area (TPSA) is 38.1 Å². The lowest BCUT2D eigenvalue weighted by atomic mass is 9.79. The molecule has 0 unspecified atom stereocenters. The van der Waals surface area contributed by atoms with Crippen molar-refractivity contribution >= 4 is 16.9 Å². The van der Waals surface area contributed by atoms with Crippen molar-refractivity contribution in [2.24, 2.45) is 11.8 Å². The van der Waals surface area contributed by atoms with E-state index < -0.39 is 0 Å². The average molecular weight is 339 g/mol. The number of benzene rings is 1. The van der Waals surface area contributed by atoms with Crippen LogP contribution in [0.2, 0.25) is 0 Å². The molecule has 2 heterocycles. The van der Waals surface area contributed by atoms with Gasteiger partial charge in [-0.3, -0.25) is 4.79 Å². The summed E-state index contributed by atoms with van der Waals surface area (Å²) >= 11 is 0. The second-order valence-electron chi connectivity index (χ2n) is 8.07. The number of nitrogens with zero attached hydrogens (tertiary/aromatic N) is 3. The molecule has 134 valence electrons. The molecule has 1 amide bonds. The van der Waals surface area contributed by atoms with Crippen LogP contribution in [0.5, 0.6) is 0 Å². The van der Waals surface area contributed by atoms with E-state index in [9.17, 15) is 4.79 Å². The van der Waals surface area contributed by atoms with Crippen molar-refractivity contribution in [1.82, 2.24) is 14.5 Å². The Morgan fingerprint density at radius 2 is 1.88 bits per heavy atom. The number of imidazole rings is 1. The molecule has 2 fully saturated rings. The summed E-state index contributed by atoms with van der Waals surface area (Å²) < 4.78 is 2.33. The molecule has 25 heavy (non-hydrogen) atoms. The van der Waals surface area contributed by atoms with Crippen molar-refractivity contribution in [2.45, 2.75) is 58.4 Å². The van der Waals surface area contributed by atoms with E-state index in [4.69, 9.17) is 0 Å². The first kappa shape index (κ1) is 16.6. The zero-order valence-corrected chi connectivity index (χ0v) is 15.4. The predicted molar refractivity (Wildman–Crippen MR) is 100 cm³/mol. The van der Waals surface area contributed by atoms with E-state index >= 15 is 0 Å². The molecule has 1 saturated heterocycles. The highest BCUT2D eigenvalue weighted by atomic mass is 16.2. The number of amides is 1. The van der Waals surface area contributed by atoms with Crippen LogP contribution in [-0.2, 0) is 4.79 Å². The van der Waals surface area contributed by atoms with Crippen molar-refractivity contribution in [3.8, 4) is 0 Å². The van der Waals surface area contributed by atoms with Crippen molar-refractivity contribution in [3.05, 3.63) is 30.1 Å². The second-order valence-corrected chi connectivity index (χ2v) is 8.07. The maximum Gasteiger partial charge on any atom is 0.225 e. The van der Waals surface area contributed by atoms with Gasteiger partial charge in [0.15, 0.2) is 0 Å². The number of carbonyl (C=O) groups excluding carboxylic acids is 1. The monoisotopic (exact) mass is 339 g/mol. The van der Waals surface area contributed by atoms with Crippen molar-refractivity contribution in [2.75, 3.05) is 13.1 Å². The smallest absolute Gasteiger partial charge is 0.225 e. The first-order valence-corrected chi connectivity index (χ1v) is 9.85. The fraction of sp³-hybridized carbons (Fsp3) is 0.619. The number of piperidine rings is 1. The van der Waals surface area contributed by atoms with E-state index in [1.54, 1.807) is 0 Å². The number of fused-ring (bicyclic) bond motifs is 1. The summed E-state index contributed by atoms with van der Waals surface area (Å²) in [6.45, 7) is 6.16. The molecular weight excluding hydrogens is 310 g/mol. The van der Waals surface area contributed by atoms with Gasteiger partial charge in [-0.2, -0.15) is 0 Å². The van der Waals surface area contributed by atoms with Crippen LogP contribution < -0.4 is 0 Å². The Labute approximate surface area is 150 Å². The van der Waals surface area contributed by atoms with Crippen LogP contribution in [0.3, 0.4) is 0 Å². The molecule has 1 aliphatic heterocycles. The van der Waals surface area contributed by atoms with E-state index in [1.807, 2.05) is 6.33 Å². The molecule has 4 nitrogen and oxygen atoms in total. The first-order chi connectivity index (χ1) is 12.1. The van der Waals surface area contributed by atoms with E-state index in [-0.39, 0.29) is 5.92 Å². The number of hydrogen-bond acceptors (Lipinski definition) is 2. The molecule has 1 saturated carbocycles. The van der Waals surface area contributed by atoms with E-state index in [2.05, 4.69) is 46.5 Å². The summed E-state index contributed by atoms with van der Waals surface area (Å²) in [6, 6.07) is 6.90. The van der Waals surface area contributed by atoms with Gasteiger partial charge in [0.05, 0.1) is 17.4 Å². The van der Waals surface area contributed by atoms with Crippen LogP contribution in [0.25, 0.3) is 11.0 Å². The molecule has 1 aromatic heterocycles. The summed E-state index contributed by atoms with van der Waals surface area (Å²) in [6.07, 6.45) is 8.87. The Kier molecular flexibility index (Phi) is 4.53. The fourth-order valence-electron chi connectivity index (χ4n) is 4.71. The average Bonchev–Trinajstić information content (AvgIpc) is 3.05. The molecular formula is C21H29N3O. The lowest BCUT2D eigenvalue weighted by Gasteiger charge is -2.37. The van der Waals surface area contributed by atoms with Crippen LogP contribution in [0.1, 0.15) is 57.1 Å². The summed E-state index contributed by atoms with van der Waals surface area (Å²) in [5, 5.41) is 0. The molecule has 1 aromatic carbocycles. The summed E-state index contributed by atoms with van der Waals surface area (Å²) in [5.74, 6) is 1.23. The van der Waals surface area contributed by atoms with Crippen LogP contribution in [0, 0.1) is 18.8 Å². The number of likely N-dealkylation sites (tertiary alicyclic amines) is 1. The van der Waals surface area contributed by atoms with E-state index in [0.29, 0.717) is 17.9 Å². The second kappa shape index (κ2) is 6.81. The van der Waals surface area contributed by atoms with E-state index in [0.717, 1.165) is 37.9 Å².